The van der Waals surface area contributed by atoms with Gasteiger partial charge in [-0.05, 0) is 42.9 Å². The number of aliphatic hydroxyl groups excluding tert-OH is 1. The van der Waals surface area contributed by atoms with Crippen LogP contribution in [0.3, 0.4) is 0 Å². The fourth-order valence-corrected chi connectivity index (χ4v) is 4.78. The summed E-state index contributed by atoms with van der Waals surface area (Å²) in [5, 5.41) is 13.2. The number of benzene rings is 1. The molecule has 180 valence electrons. The summed E-state index contributed by atoms with van der Waals surface area (Å²) < 4.78 is 5.62. The van der Waals surface area contributed by atoms with Crippen molar-refractivity contribution in [3.8, 4) is 11.1 Å². The highest BCUT2D eigenvalue weighted by Crippen LogP contribution is 2.32. The quantitative estimate of drug-likeness (QED) is 0.395. The Morgan fingerprint density at radius 1 is 1.12 bits per heavy atom. The molecule has 1 atom stereocenters. The molecule has 0 saturated carbocycles. The lowest BCUT2D eigenvalue weighted by Gasteiger charge is -2.25. The van der Waals surface area contributed by atoms with Gasteiger partial charge < -0.3 is 14.8 Å². The van der Waals surface area contributed by atoms with Crippen LogP contribution < -0.4 is 5.56 Å². The Hall–Kier alpha value is -2.06. The third-order valence-corrected chi connectivity index (χ3v) is 6.43. The number of aryl methyl sites for hydroxylation is 1. The third kappa shape index (κ3) is 7.21. The molecule has 0 fully saturated rings. The van der Waals surface area contributed by atoms with Crippen LogP contribution in [0, 0.1) is 18.8 Å². The molecular formula is C26H37N3O3S. The standard InChI is InChI=1S/C26H37N3O3S/c1-17(2)10-11-29(12-20(30)15-32-14-18(3)4)13-23-27-25(31)24-22(16-33-26(24)28-23)21-9-7-6-8-19(21)5/h6-9,16-18,20,30H,10-15H2,1-5H3,(H,27,28,31). The summed E-state index contributed by atoms with van der Waals surface area (Å²) in [6.45, 7) is 13.3. The number of rotatable bonds is 12. The van der Waals surface area contributed by atoms with Crippen LogP contribution in [-0.2, 0) is 11.3 Å². The van der Waals surface area contributed by atoms with Crippen LogP contribution in [0.4, 0.5) is 0 Å². The largest absolute Gasteiger partial charge is 0.389 e. The van der Waals surface area contributed by atoms with Crippen LogP contribution in [0.15, 0.2) is 34.4 Å². The number of nitrogens with zero attached hydrogens (tertiary/aromatic N) is 2. The highest BCUT2D eigenvalue weighted by atomic mass is 32.1. The number of H-pyrrole nitrogens is 1. The normalized spacial score (nSPS) is 13.0. The number of aromatic amines is 1. The fraction of sp³-hybridized carbons (Fsp3) is 0.538. The van der Waals surface area contributed by atoms with Gasteiger partial charge in [-0.15, -0.1) is 11.3 Å². The van der Waals surface area contributed by atoms with E-state index in [-0.39, 0.29) is 5.56 Å². The van der Waals surface area contributed by atoms with Gasteiger partial charge in [-0.1, -0.05) is 52.0 Å². The average Bonchev–Trinajstić information content (AvgIpc) is 3.16. The van der Waals surface area contributed by atoms with Crippen LogP contribution in [-0.4, -0.2) is 52.4 Å². The maximum absolute atomic E-state index is 13.1. The Bertz CT molecular complexity index is 1090. The van der Waals surface area contributed by atoms with Crippen molar-refractivity contribution in [2.24, 2.45) is 11.8 Å². The second kappa shape index (κ2) is 11.9. The van der Waals surface area contributed by atoms with Gasteiger partial charge in [-0.25, -0.2) is 4.98 Å². The van der Waals surface area contributed by atoms with Gasteiger partial charge in [-0.3, -0.25) is 9.69 Å². The molecule has 0 aliphatic carbocycles. The van der Waals surface area contributed by atoms with Crippen molar-refractivity contribution < 1.29 is 9.84 Å². The molecule has 2 N–H and O–H groups in total. The Labute approximate surface area is 200 Å². The van der Waals surface area contributed by atoms with E-state index in [0.717, 1.165) is 34.5 Å². The van der Waals surface area contributed by atoms with Crippen LogP contribution in [0.2, 0.25) is 0 Å². The zero-order valence-corrected chi connectivity index (χ0v) is 21.2. The molecule has 0 spiro atoms. The van der Waals surface area contributed by atoms with Gasteiger partial charge in [0.2, 0.25) is 0 Å². The van der Waals surface area contributed by atoms with E-state index in [1.807, 2.05) is 23.6 Å². The summed E-state index contributed by atoms with van der Waals surface area (Å²) in [4.78, 5) is 23.7. The zero-order chi connectivity index (χ0) is 24.0. The van der Waals surface area contributed by atoms with Gasteiger partial charge in [0.05, 0.1) is 24.6 Å². The van der Waals surface area contributed by atoms with Crippen LogP contribution >= 0.6 is 11.3 Å². The van der Waals surface area contributed by atoms with Crippen molar-refractivity contribution in [3.63, 3.8) is 0 Å². The van der Waals surface area contributed by atoms with Crippen molar-refractivity contribution in [2.75, 3.05) is 26.3 Å². The molecule has 7 heteroatoms. The lowest BCUT2D eigenvalue weighted by atomic mass is 10.0. The lowest BCUT2D eigenvalue weighted by Crippen LogP contribution is -2.36. The molecular weight excluding hydrogens is 434 g/mol. The summed E-state index contributed by atoms with van der Waals surface area (Å²) in [7, 11) is 0. The summed E-state index contributed by atoms with van der Waals surface area (Å²) in [5.41, 5.74) is 3.02. The first-order chi connectivity index (χ1) is 15.7. The van der Waals surface area contributed by atoms with E-state index in [1.165, 1.54) is 11.3 Å². The second-order valence-electron chi connectivity index (χ2n) is 9.66. The van der Waals surface area contributed by atoms with E-state index in [9.17, 15) is 9.90 Å². The van der Waals surface area contributed by atoms with Gasteiger partial charge in [-0.2, -0.15) is 0 Å². The number of fused-ring (bicyclic) bond motifs is 1. The molecule has 0 amide bonds. The van der Waals surface area contributed by atoms with E-state index in [4.69, 9.17) is 9.72 Å². The van der Waals surface area contributed by atoms with Crippen molar-refractivity contribution >= 4 is 21.6 Å². The lowest BCUT2D eigenvalue weighted by molar-refractivity contribution is 0.00592. The molecule has 2 heterocycles. The van der Waals surface area contributed by atoms with E-state index in [2.05, 4.69) is 50.6 Å². The van der Waals surface area contributed by atoms with E-state index >= 15 is 0 Å². The summed E-state index contributed by atoms with van der Waals surface area (Å²) in [6, 6.07) is 8.09. The molecule has 33 heavy (non-hydrogen) atoms. The van der Waals surface area contributed by atoms with E-state index in [0.29, 0.717) is 49.3 Å². The van der Waals surface area contributed by atoms with Crippen molar-refractivity contribution in [1.82, 2.24) is 14.9 Å². The third-order valence-electron chi connectivity index (χ3n) is 5.55. The Kier molecular flexibility index (Phi) is 9.20. The summed E-state index contributed by atoms with van der Waals surface area (Å²) >= 11 is 1.50. The first-order valence-electron chi connectivity index (χ1n) is 11.8. The maximum atomic E-state index is 13.1. The van der Waals surface area contributed by atoms with E-state index in [1.54, 1.807) is 0 Å². The van der Waals surface area contributed by atoms with Crippen LogP contribution in [0.25, 0.3) is 21.3 Å². The molecule has 6 nitrogen and oxygen atoms in total. The fourth-order valence-electron chi connectivity index (χ4n) is 3.82. The molecule has 0 radical (unpaired) electrons. The van der Waals surface area contributed by atoms with Gasteiger partial charge in [0.25, 0.3) is 5.56 Å². The SMILES string of the molecule is Cc1ccccc1-c1csc2nc(CN(CCC(C)C)CC(O)COCC(C)C)[nH]c(=O)c12. The minimum Gasteiger partial charge on any atom is -0.389 e. The molecule has 0 aliphatic rings. The Morgan fingerprint density at radius 2 is 1.88 bits per heavy atom. The zero-order valence-electron chi connectivity index (χ0n) is 20.4. The number of hydrogen-bond donors (Lipinski definition) is 2. The van der Waals surface area contributed by atoms with Crippen molar-refractivity contribution in [3.05, 3.63) is 51.4 Å². The first kappa shape index (κ1) is 25.6. The Balaban J connectivity index is 1.79. The van der Waals surface area contributed by atoms with Gasteiger partial charge in [0.15, 0.2) is 0 Å². The van der Waals surface area contributed by atoms with E-state index < -0.39 is 6.10 Å². The molecule has 1 aromatic carbocycles. The Morgan fingerprint density at radius 3 is 2.58 bits per heavy atom. The molecule has 3 aromatic rings. The van der Waals surface area contributed by atoms with Crippen LogP contribution in [0.1, 0.15) is 45.5 Å². The number of hydrogen-bond acceptors (Lipinski definition) is 6. The number of nitrogens with one attached hydrogen (secondary N) is 1. The summed E-state index contributed by atoms with van der Waals surface area (Å²) in [5.74, 6) is 1.61. The van der Waals surface area contributed by atoms with Gasteiger partial charge in [0, 0.05) is 24.1 Å². The maximum Gasteiger partial charge on any atom is 0.260 e. The molecule has 1 unspecified atom stereocenters. The number of aromatic nitrogens is 2. The second-order valence-corrected chi connectivity index (χ2v) is 10.5. The minimum atomic E-state index is -0.583. The van der Waals surface area contributed by atoms with Crippen LogP contribution in [0.5, 0.6) is 0 Å². The highest BCUT2D eigenvalue weighted by molar-refractivity contribution is 7.17. The van der Waals surface area contributed by atoms with Crippen molar-refractivity contribution in [1.29, 1.82) is 0 Å². The first-order valence-corrected chi connectivity index (χ1v) is 12.7. The topological polar surface area (TPSA) is 78.5 Å². The summed E-state index contributed by atoms with van der Waals surface area (Å²) in [6.07, 6.45) is 0.420. The average molecular weight is 472 g/mol. The minimum absolute atomic E-state index is 0.112. The molecule has 0 saturated heterocycles. The number of thiophene rings is 1. The predicted molar refractivity (Wildman–Crippen MR) is 137 cm³/mol. The molecule has 0 aliphatic heterocycles. The smallest absolute Gasteiger partial charge is 0.260 e. The predicted octanol–water partition coefficient (Wildman–Crippen LogP) is 4.84. The van der Waals surface area contributed by atoms with Gasteiger partial charge >= 0.3 is 0 Å². The molecule has 0 bridgehead atoms. The molecule has 2 aromatic heterocycles. The monoisotopic (exact) mass is 471 g/mol. The molecule has 3 rings (SSSR count). The number of aliphatic hydroxyl groups is 1. The highest BCUT2D eigenvalue weighted by Gasteiger charge is 2.18. The van der Waals surface area contributed by atoms with Gasteiger partial charge in [0.1, 0.15) is 10.7 Å². The number of ether oxygens (including phenoxy) is 1. The van der Waals surface area contributed by atoms with Crippen molar-refractivity contribution in [2.45, 2.75) is 53.7 Å².